The molecule has 1 heterocycles. The van der Waals surface area contributed by atoms with Gasteiger partial charge in [0.25, 0.3) is 0 Å². The molecule has 1 atom stereocenters. The number of anilines is 1. The lowest BCUT2D eigenvalue weighted by atomic mass is 10.1. The number of thioether (sulfide) groups is 1. The smallest absolute Gasteiger partial charge is 0.247 e. The quantitative estimate of drug-likeness (QED) is 0.801. The summed E-state index contributed by atoms with van der Waals surface area (Å²) < 4.78 is 0. The molecule has 1 aliphatic rings. The Bertz CT molecular complexity index is 742. The van der Waals surface area contributed by atoms with Gasteiger partial charge in [0.05, 0.1) is 10.9 Å². The van der Waals surface area contributed by atoms with E-state index in [0.717, 1.165) is 16.9 Å². The Morgan fingerprint density at radius 3 is 2.52 bits per heavy atom. The highest BCUT2D eigenvalue weighted by Gasteiger charge is 2.40. The summed E-state index contributed by atoms with van der Waals surface area (Å²) in [4.78, 5) is 26.4. The minimum Gasteiger partial charge on any atom is -0.274 e. The van der Waals surface area contributed by atoms with Crippen LogP contribution in [0.15, 0.2) is 48.5 Å². The van der Waals surface area contributed by atoms with Crippen LogP contribution in [-0.2, 0) is 15.3 Å². The molecule has 118 valence electrons. The largest absolute Gasteiger partial charge is 0.274 e. The van der Waals surface area contributed by atoms with Crippen molar-refractivity contribution in [2.45, 2.75) is 31.3 Å². The predicted molar refractivity (Wildman–Crippen MR) is 94.6 cm³/mol. The normalized spacial score (nSPS) is 17.8. The van der Waals surface area contributed by atoms with Crippen LogP contribution in [-0.4, -0.2) is 17.1 Å². The van der Waals surface area contributed by atoms with Crippen LogP contribution in [0, 0.1) is 13.8 Å². The van der Waals surface area contributed by atoms with Crippen LogP contribution >= 0.6 is 11.8 Å². The minimum atomic E-state index is -0.289. The summed E-state index contributed by atoms with van der Waals surface area (Å²) in [7, 11) is 0. The van der Waals surface area contributed by atoms with E-state index in [1.54, 1.807) is 11.8 Å². The summed E-state index contributed by atoms with van der Waals surface area (Å²) in [5.74, 6) is 0.543. The van der Waals surface area contributed by atoms with E-state index in [1.807, 2.05) is 62.4 Å². The number of nitrogens with zero attached hydrogens (tertiary/aromatic N) is 1. The number of hydrogen-bond acceptors (Lipinski definition) is 3. The zero-order valence-electron chi connectivity index (χ0n) is 13.3. The predicted octanol–water partition coefficient (Wildman–Crippen LogP) is 3.87. The molecule has 1 fully saturated rings. The summed E-state index contributed by atoms with van der Waals surface area (Å²) >= 11 is 1.54. The van der Waals surface area contributed by atoms with Crippen molar-refractivity contribution < 1.29 is 9.59 Å². The Morgan fingerprint density at radius 1 is 1.09 bits per heavy atom. The molecule has 0 spiro atoms. The van der Waals surface area contributed by atoms with Crippen LogP contribution in [0.3, 0.4) is 0 Å². The first-order chi connectivity index (χ1) is 11.1. The fourth-order valence-corrected chi connectivity index (χ4v) is 3.91. The lowest BCUT2D eigenvalue weighted by Crippen LogP contribution is -2.31. The molecule has 0 saturated carbocycles. The number of carbonyl (C=O) groups excluding carboxylic acids is 2. The first-order valence-corrected chi connectivity index (χ1v) is 8.70. The first-order valence-electron chi connectivity index (χ1n) is 7.66. The van der Waals surface area contributed by atoms with Crippen molar-refractivity contribution in [2.24, 2.45) is 0 Å². The molecule has 3 nitrogen and oxygen atoms in total. The van der Waals surface area contributed by atoms with Gasteiger partial charge in [-0.1, -0.05) is 48.0 Å². The van der Waals surface area contributed by atoms with Crippen molar-refractivity contribution in [2.75, 3.05) is 4.90 Å². The molecule has 0 aromatic heterocycles. The second-order valence-corrected chi connectivity index (χ2v) is 7.04. The van der Waals surface area contributed by atoms with E-state index in [9.17, 15) is 9.59 Å². The molecule has 0 radical (unpaired) electrons. The van der Waals surface area contributed by atoms with Crippen LogP contribution < -0.4 is 4.90 Å². The monoisotopic (exact) mass is 325 g/mol. The first kappa shape index (κ1) is 15.8. The molecule has 0 N–H and O–H groups in total. The van der Waals surface area contributed by atoms with Crippen molar-refractivity contribution in [1.29, 1.82) is 0 Å². The molecular formula is C19H19NO2S. The second kappa shape index (κ2) is 6.59. The van der Waals surface area contributed by atoms with Crippen molar-refractivity contribution in [3.63, 3.8) is 0 Å². The van der Waals surface area contributed by atoms with E-state index in [4.69, 9.17) is 0 Å². The Labute approximate surface area is 140 Å². The minimum absolute atomic E-state index is 0.0946. The fourth-order valence-electron chi connectivity index (χ4n) is 2.81. The average Bonchev–Trinajstić information content (AvgIpc) is 2.81. The van der Waals surface area contributed by atoms with Crippen LogP contribution in [0.25, 0.3) is 0 Å². The Balaban J connectivity index is 1.75. The van der Waals surface area contributed by atoms with Gasteiger partial charge in [0.2, 0.25) is 11.8 Å². The van der Waals surface area contributed by atoms with Gasteiger partial charge in [0.15, 0.2) is 0 Å². The van der Waals surface area contributed by atoms with Gasteiger partial charge in [-0.15, -0.1) is 11.8 Å². The summed E-state index contributed by atoms with van der Waals surface area (Å²) in [5.41, 5.74) is 3.97. The highest BCUT2D eigenvalue weighted by molar-refractivity contribution is 7.99. The van der Waals surface area contributed by atoms with E-state index >= 15 is 0 Å². The van der Waals surface area contributed by atoms with Crippen LogP contribution in [0.2, 0.25) is 0 Å². The fraction of sp³-hybridized carbons (Fsp3) is 0.263. The van der Waals surface area contributed by atoms with Gasteiger partial charge in [-0.05, 0) is 31.0 Å². The van der Waals surface area contributed by atoms with E-state index in [-0.39, 0.29) is 23.5 Å². The molecule has 1 saturated heterocycles. The number of hydrogen-bond donors (Lipinski definition) is 0. The maximum absolute atomic E-state index is 12.7. The van der Waals surface area contributed by atoms with Crippen LogP contribution in [0.4, 0.5) is 5.69 Å². The number of rotatable bonds is 4. The Morgan fingerprint density at radius 2 is 1.83 bits per heavy atom. The molecule has 0 aliphatic carbocycles. The summed E-state index contributed by atoms with van der Waals surface area (Å²) in [6.45, 7) is 3.94. The van der Waals surface area contributed by atoms with Gasteiger partial charge in [-0.25, -0.2) is 4.90 Å². The highest BCUT2D eigenvalue weighted by Crippen LogP contribution is 2.33. The average molecular weight is 325 g/mol. The van der Waals surface area contributed by atoms with Crippen molar-refractivity contribution in [3.05, 3.63) is 65.2 Å². The molecule has 1 aliphatic heterocycles. The van der Waals surface area contributed by atoms with Gasteiger partial charge >= 0.3 is 0 Å². The second-order valence-electron chi connectivity index (χ2n) is 5.85. The molecule has 0 bridgehead atoms. The van der Waals surface area contributed by atoms with Crippen molar-refractivity contribution >= 4 is 29.3 Å². The zero-order chi connectivity index (χ0) is 16.4. The lowest BCUT2D eigenvalue weighted by molar-refractivity contribution is -0.121. The van der Waals surface area contributed by atoms with E-state index in [0.29, 0.717) is 5.69 Å². The zero-order valence-corrected chi connectivity index (χ0v) is 14.1. The van der Waals surface area contributed by atoms with Crippen molar-refractivity contribution in [1.82, 2.24) is 0 Å². The van der Waals surface area contributed by atoms with Crippen LogP contribution in [0.1, 0.15) is 23.1 Å². The SMILES string of the molecule is Cc1ccc(N2C(=O)C[C@H](SCc3ccccc3)C2=O)c(C)c1. The molecule has 2 amide bonds. The number of carbonyl (C=O) groups is 2. The van der Waals surface area contributed by atoms with E-state index in [1.165, 1.54) is 10.5 Å². The van der Waals surface area contributed by atoms with Gasteiger partial charge < -0.3 is 0 Å². The summed E-state index contributed by atoms with van der Waals surface area (Å²) in [6.07, 6.45) is 0.281. The third kappa shape index (κ3) is 3.32. The Hall–Kier alpha value is -2.07. The molecule has 2 aromatic carbocycles. The summed E-state index contributed by atoms with van der Waals surface area (Å²) in [6, 6.07) is 15.8. The lowest BCUT2D eigenvalue weighted by Gasteiger charge is -2.17. The standard InChI is InChI=1S/C19H19NO2S/c1-13-8-9-16(14(2)10-13)20-18(21)11-17(19(20)22)23-12-15-6-4-3-5-7-15/h3-10,17H,11-12H2,1-2H3/t17-/m0/s1. The molecule has 23 heavy (non-hydrogen) atoms. The highest BCUT2D eigenvalue weighted by atomic mass is 32.2. The summed E-state index contributed by atoms with van der Waals surface area (Å²) in [5, 5.41) is -0.289. The van der Waals surface area contributed by atoms with E-state index in [2.05, 4.69) is 0 Å². The maximum atomic E-state index is 12.7. The maximum Gasteiger partial charge on any atom is 0.247 e. The van der Waals surface area contributed by atoms with Gasteiger partial charge in [-0.2, -0.15) is 0 Å². The number of aryl methyl sites for hydroxylation is 2. The van der Waals surface area contributed by atoms with E-state index < -0.39 is 0 Å². The number of imide groups is 1. The third-order valence-electron chi connectivity index (χ3n) is 3.99. The third-order valence-corrected chi connectivity index (χ3v) is 5.26. The molecule has 2 aromatic rings. The molecular weight excluding hydrogens is 306 g/mol. The molecule has 3 rings (SSSR count). The molecule has 4 heteroatoms. The topological polar surface area (TPSA) is 37.4 Å². The molecule has 0 unspecified atom stereocenters. The number of benzene rings is 2. The Kier molecular flexibility index (Phi) is 4.53. The van der Waals surface area contributed by atoms with Gasteiger partial charge in [0.1, 0.15) is 0 Å². The van der Waals surface area contributed by atoms with Gasteiger partial charge in [-0.3, -0.25) is 9.59 Å². The van der Waals surface area contributed by atoms with Gasteiger partial charge in [0, 0.05) is 12.2 Å². The number of amides is 2. The van der Waals surface area contributed by atoms with Crippen molar-refractivity contribution in [3.8, 4) is 0 Å². The van der Waals surface area contributed by atoms with Crippen LogP contribution in [0.5, 0.6) is 0 Å².